The molecule has 0 aliphatic carbocycles. The fraction of sp³-hybridized carbons (Fsp3) is 0.167. The second-order valence-electron chi connectivity index (χ2n) is 3.88. The summed E-state index contributed by atoms with van der Waals surface area (Å²) in [6.45, 7) is 1.66. The molecule has 100 valence electrons. The number of nitrogens with one attached hydrogen (secondary N) is 1. The predicted octanol–water partition coefficient (Wildman–Crippen LogP) is 3.73. The molecular weight excluding hydrogens is 275 g/mol. The Labute approximate surface area is 113 Å². The highest BCUT2D eigenvalue weighted by Gasteiger charge is 2.30. The van der Waals surface area contributed by atoms with Crippen molar-refractivity contribution in [2.24, 2.45) is 0 Å². The van der Waals surface area contributed by atoms with Crippen LogP contribution in [0.15, 0.2) is 30.3 Å². The Hall–Kier alpha value is -1.76. The van der Waals surface area contributed by atoms with E-state index in [9.17, 15) is 13.2 Å². The molecule has 7 heteroatoms. The molecule has 0 aliphatic heterocycles. The fourth-order valence-corrected chi connectivity index (χ4v) is 1.74. The Morgan fingerprint density at radius 2 is 1.89 bits per heavy atom. The molecule has 0 saturated carbocycles. The van der Waals surface area contributed by atoms with Crippen LogP contribution in [0.5, 0.6) is 0 Å². The van der Waals surface area contributed by atoms with E-state index in [0.29, 0.717) is 22.9 Å². The van der Waals surface area contributed by atoms with Crippen molar-refractivity contribution in [3.63, 3.8) is 0 Å². The number of alkyl halides is 3. The van der Waals surface area contributed by atoms with Gasteiger partial charge in [0.05, 0.1) is 11.3 Å². The Morgan fingerprint density at radius 1 is 1.16 bits per heavy atom. The Morgan fingerprint density at radius 3 is 2.53 bits per heavy atom. The van der Waals surface area contributed by atoms with Gasteiger partial charge in [-0.3, -0.25) is 0 Å². The Kier molecular flexibility index (Phi) is 3.66. The number of benzene rings is 1. The van der Waals surface area contributed by atoms with Crippen molar-refractivity contribution in [1.82, 2.24) is 9.97 Å². The molecule has 0 aliphatic rings. The minimum absolute atomic E-state index is 0.380. The fourth-order valence-electron chi connectivity index (χ4n) is 1.63. The molecule has 0 unspecified atom stereocenters. The first kappa shape index (κ1) is 13.7. The van der Waals surface area contributed by atoms with Gasteiger partial charge < -0.3 is 4.72 Å². The summed E-state index contributed by atoms with van der Waals surface area (Å²) < 4.78 is 40.5. The first-order valence-electron chi connectivity index (χ1n) is 5.33. The van der Waals surface area contributed by atoms with Crippen LogP contribution in [0, 0.1) is 6.92 Å². The molecule has 2 aromatic rings. The molecule has 1 heterocycles. The number of halogens is 3. The number of anilines is 1. The predicted molar refractivity (Wildman–Crippen MR) is 69.8 cm³/mol. The minimum Gasteiger partial charge on any atom is -0.317 e. The van der Waals surface area contributed by atoms with Gasteiger partial charge in [0.2, 0.25) is 0 Å². The highest BCUT2D eigenvalue weighted by Crippen LogP contribution is 2.32. The third-order valence-corrected chi connectivity index (χ3v) is 2.67. The number of thiol groups is 1. The lowest BCUT2D eigenvalue weighted by Gasteiger charge is -2.09. The van der Waals surface area contributed by atoms with E-state index in [1.165, 1.54) is 12.1 Å². The monoisotopic (exact) mass is 285 g/mol. The zero-order chi connectivity index (χ0) is 14.0. The maximum Gasteiger partial charge on any atom is 0.416 e. The first-order chi connectivity index (χ1) is 8.90. The molecule has 0 radical (unpaired) electrons. The van der Waals surface area contributed by atoms with E-state index in [1.54, 1.807) is 13.0 Å². The van der Waals surface area contributed by atoms with E-state index in [2.05, 4.69) is 27.5 Å². The van der Waals surface area contributed by atoms with Crippen molar-refractivity contribution in [2.75, 3.05) is 4.72 Å². The molecule has 0 fully saturated rings. The average Bonchev–Trinajstić information content (AvgIpc) is 2.37. The molecule has 1 aromatic heterocycles. The van der Waals surface area contributed by atoms with Crippen LogP contribution >= 0.6 is 12.8 Å². The molecule has 19 heavy (non-hydrogen) atoms. The summed E-state index contributed by atoms with van der Waals surface area (Å²) in [6.07, 6.45) is -4.37. The van der Waals surface area contributed by atoms with Gasteiger partial charge in [0, 0.05) is 11.6 Å². The summed E-state index contributed by atoms with van der Waals surface area (Å²) in [5, 5.41) is 0. The smallest absolute Gasteiger partial charge is 0.317 e. The number of hydrogen-bond donors (Lipinski definition) is 2. The summed E-state index contributed by atoms with van der Waals surface area (Å²) >= 11 is 3.86. The summed E-state index contributed by atoms with van der Waals surface area (Å²) in [7, 11) is 0. The summed E-state index contributed by atoms with van der Waals surface area (Å²) in [5.41, 5.74) is 0.0851. The second kappa shape index (κ2) is 5.08. The van der Waals surface area contributed by atoms with Gasteiger partial charge in [-0.15, -0.1) is 0 Å². The zero-order valence-corrected chi connectivity index (χ0v) is 10.8. The zero-order valence-electron chi connectivity index (χ0n) is 9.86. The van der Waals surface area contributed by atoms with Crippen LogP contribution in [0.2, 0.25) is 0 Å². The molecule has 1 aromatic carbocycles. The SMILES string of the molecule is Cc1nc(NS)cc(-c2cccc(C(F)(F)F)c2)n1. The van der Waals surface area contributed by atoms with Crippen molar-refractivity contribution >= 4 is 18.6 Å². The lowest BCUT2D eigenvalue weighted by atomic mass is 10.1. The van der Waals surface area contributed by atoms with Gasteiger partial charge >= 0.3 is 6.18 Å². The van der Waals surface area contributed by atoms with Gasteiger partial charge in [-0.25, -0.2) is 9.97 Å². The third kappa shape index (κ3) is 3.17. The summed E-state index contributed by atoms with van der Waals surface area (Å²) in [4.78, 5) is 8.15. The molecule has 0 saturated heterocycles. The van der Waals surface area contributed by atoms with Gasteiger partial charge in [0.15, 0.2) is 0 Å². The number of aromatic nitrogens is 2. The first-order valence-corrected chi connectivity index (χ1v) is 5.78. The van der Waals surface area contributed by atoms with Crippen LogP contribution in [0.4, 0.5) is 19.0 Å². The standard InChI is InChI=1S/C12H10F3N3S/c1-7-16-10(6-11(17-7)18-19)8-3-2-4-9(5-8)12(13,14)15/h2-6,19H,1H3,(H,16,17,18). The molecule has 0 spiro atoms. The van der Waals surface area contributed by atoms with Gasteiger partial charge in [0.25, 0.3) is 0 Å². The lowest BCUT2D eigenvalue weighted by molar-refractivity contribution is -0.137. The summed E-state index contributed by atoms with van der Waals surface area (Å²) in [5.74, 6) is 0.884. The maximum atomic E-state index is 12.7. The number of rotatable bonds is 2. The molecule has 0 atom stereocenters. The average molecular weight is 285 g/mol. The van der Waals surface area contributed by atoms with Crippen LogP contribution < -0.4 is 4.72 Å². The van der Waals surface area contributed by atoms with Gasteiger partial charge in [-0.05, 0) is 19.1 Å². The topological polar surface area (TPSA) is 37.8 Å². The molecule has 0 amide bonds. The van der Waals surface area contributed by atoms with Crippen LogP contribution in [-0.2, 0) is 6.18 Å². The highest BCUT2D eigenvalue weighted by atomic mass is 32.1. The maximum absolute atomic E-state index is 12.7. The molecule has 3 nitrogen and oxygen atoms in total. The van der Waals surface area contributed by atoms with Crippen molar-refractivity contribution in [1.29, 1.82) is 0 Å². The highest BCUT2D eigenvalue weighted by molar-refractivity contribution is 7.81. The van der Waals surface area contributed by atoms with Crippen molar-refractivity contribution in [3.05, 3.63) is 41.7 Å². The lowest BCUT2D eigenvalue weighted by Crippen LogP contribution is -2.05. The largest absolute Gasteiger partial charge is 0.416 e. The van der Waals surface area contributed by atoms with Gasteiger partial charge in [0.1, 0.15) is 11.6 Å². The van der Waals surface area contributed by atoms with E-state index >= 15 is 0 Å². The summed E-state index contributed by atoms with van der Waals surface area (Å²) in [6, 6.07) is 6.54. The van der Waals surface area contributed by atoms with Gasteiger partial charge in [-0.2, -0.15) is 13.2 Å². The molecule has 1 N–H and O–H groups in total. The second-order valence-corrected chi connectivity index (χ2v) is 4.10. The Balaban J connectivity index is 2.50. The number of hydrogen-bond acceptors (Lipinski definition) is 4. The van der Waals surface area contributed by atoms with Gasteiger partial charge in [-0.1, -0.05) is 24.9 Å². The minimum atomic E-state index is -4.37. The van der Waals surface area contributed by atoms with E-state index in [-0.39, 0.29) is 0 Å². The Bertz CT molecular complexity index is 599. The number of aryl methyl sites for hydroxylation is 1. The van der Waals surface area contributed by atoms with E-state index in [0.717, 1.165) is 12.1 Å². The van der Waals surface area contributed by atoms with Crippen LogP contribution in [-0.4, -0.2) is 9.97 Å². The van der Waals surface area contributed by atoms with Crippen LogP contribution in [0.25, 0.3) is 11.3 Å². The van der Waals surface area contributed by atoms with Crippen LogP contribution in [0.3, 0.4) is 0 Å². The third-order valence-electron chi connectivity index (χ3n) is 2.44. The quantitative estimate of drug-likeness (QED) is 0.826. The van der Waals surface area contributed by atoms with Crippen LogP contribution in [0.1, 0.15) is 11.4 Å². The number of nitrogens with zero attached hydrogens (tertiary/aromatic N) is 2. The van der Waals surface area contributed by atoms with Crippen molar-refractivity contribution in [2.45, 2.75) is 13.1 Å². The van der Waals surface area contributed by atoms with Crippen molar-refractivity contribution < 1.29 is 13.2 Å². The molecular formula is C12H10F3N3S. The molecule has 2 rings (SSSR count). The molecule has 0 bridgehead atoms. The van der Waals surface area contributed by atoms with E-state index < -0.39 is 11.7 Å². The van der Waals surface area contributed by atoms with E-state index in [1.807, 2.05) is 0 Å². The van der Waals surface area contributed by atoms with Crippen molar-refractivity contribution in [3.8, 4) is 11.3 Å². The van der Waals surface area contributed by atoms with E-state index in [4.69, 9.17) is 0 Å². The normalized spacial score (nSPS) is 11.4.